The van der Waals surface area contributed by atoms with Gasteiger partial charge in [-0.2, -0.15) is 0 Å². The van der Waals surface area contributed by atoms with E-state index < -0.39 is 5.97 Å². The van der Waals surface area contributed by atoms with Crippen molar-refractivity contribution in [2.45, 2.75) is 84.5 Å². The highest BCUT2D eigenvalue weighted by atomic mass is 16.5. The molecule has 1 unspecified atom stereocenters. The van der Waals surface area contributed by atoms with Gasteiger partial charge in [0.25, 0.3) is 0 Å². The number of ether oxygens (including phenoxy) is 1. The van der Waals surface area contributed by atoms with Gasteiger partial charge in [0.05, 0.1) is 12.5 Å². The number of carboxylic acids is 1. The lowest BCUT2D eigenvalue weighted by Gasteiger charge is -2.15. The number of carbonyl (C=O) groups excluding carboxylic acids is 1. The fraction of sp³-hybridized carbons (Fsp3) is 0.882. The summed E-state index contributed by atoms with van der Waals surface area (Å²) in [6.07, 6.45) is 9.90. The van der Waals surface area contributed by atoms with Gasteiger partial charge < -0.3 is 9.84 Å². The second-order valence-corrected chi connectivity index (χ2v) is 5.71. The molecule has 0 amide bonds. The Morgan fingerprint density at radius 1 is 0.905 bits per heavy atom. The number of hydrogen-bond donors (Lipinski definition) is 1. The lowest BCUT2D eigenvalue weighted by atomic mass is 9.96. The maximum absolute atomic E-state index is 12.0. The fourth-order valence-corrected chi connectivity index (χ4v) is 2.31. The quantitative estimate of drug-likeness (QED) is 0.377. The first-order valence-electron chi connectivity index (χ1n) is 8.50. The van der Waals surface area contributed by atoms with Crippen LogP contribution in [0.4, 0.5) is 0 Å². The van der Waals surface area contributed by atoms with Crippen molar-refractivity contribution in [3.8, 4) is 0 Å². The van der Waals surface area contributed by atoms with Crippen LogP contribution in [0.1, 0.15) is 84.5 Å². The largest absolute Gasteiger partial charge is 0.481 e. The molecule has 124 valence electrons. The average molecular weight is 300 g/mol. The van der Waals surface area contributed by atoms with E-state index in [-0.39, 0.29) is 18.3 Å². The van der Waals surface area contributed by atoms with Crippen molar-refractivity contribution in [2.24, 2.45) is 5.92 Å². The number of carbonyl (C=O) groups is 2. The Labute approximate surface area is 129 Å². The highest BCUT2D eigenvalue weighted by Gasteiger charge is 2.20. The maximum atomic E-state index is 12.0. The molecule has 0 aromatic carbocycles. The summed E-state index contributed by atoms with van der Waals surface area (Å²) in [4.78, 5) is 22.7. The van der Waals surface area contributed by atoms with Gasteiger partial charge in [0.1, 0.15) is 0 Å². The van der Waals surface area contributed by atoms with Crippen LogP contribution in [0.5, 0.6) is 0 Å². The normalized spacial score (nSPS) is 12.1. The first kappa shape index (κ1) is 19.9. The minimum atomic E-state index is -0.843. The van der Waals surface area contributed by atoms with Crippen LogP contribution >= 0.6 is 0 Å². The van der Waals surface area contributed by atoms with Gasteiger partial charge in [-0.3, -0.25) is 9.59 Å². The van der Waals surface area contributed by atoms with Crippen molar-refractivity contribution in [3.63, 3.8) is 0 Å². The van der Waals surface area contributed by atoms with Crippen molar-refractivity contribution in [2.75, 3.05) is 6.61 Å². The van der Waals surface area contributed by atoms with Crippen LogP contribution in [0.15, 0.2) is 0 Å². The van der Waals surface area contributed by atoms with Gasteiger partial charge in [-0.15, -0.1) is 0 Å². The Hall–Kier alpha value is -1.06. The molecule has 0 aliphatic heterocycles. The molecule has 4 nitrogen and oxygen atoms in total. The maximum Gasteiger partial charge on any atom is 0.308 e. The summed E-state index contributed by atoms with van der Waals surface area (Å²) in [5.74, 6) is -1.29. The second kappa shape index (κ2) is 13.9. The third-order valence-corrected chi connectivity index (χ3v) is 3.69. The van der Waals surface area contributed by atoms with E-state index in [1.54, 1.807) is 0 Å². The van der Waals surface area contributed by atoms with Crippen LogP contribution in [-0.2, 0) is 14.3 Å². The van der Waals surface area contributed by atoms with E-state index in [1.165, 1.54) is 0 Å². The molecule has 0 spiro atoms. The first-order chi connectivity index (χ1) is 10.1. The Morgan fingerprint density at radius 3 is 2.10 bits per heavy atom. The fourth-order valence-electron chi connectivity index (χ4n) is 2.31. The minimum Gasteiger partial charge on any atom is -0.481 e. The summed E-state index contributed by atoms with van der Waals surface area (Å²) < 4.78 is 5.31. The number of unbranched alkanes of at least 4 members (excludes halogenated alkanes) is 6. The van der Waals surface area contributed by atoms with Crippen molar-refractivity contribution in [1.29, 1.82) is 0 Å². The topological polar surface area (TPSA) is 63.6 Å². The molecule has 0 fully saturated rings. The molecule has 0 saturated heterocycles. The average Bonchev–Trinajstić information content (AvgIpc) is 2.45. The van der Waals surface area contributed by atoms with Crippen LogP contribution in [0.2, 0.25) is 0 Å². The molecule has 0 aliphatic rings. The number of esters is 1. The van der Waals surface area contributed by atoms with Crippen molar-refractivity contribution < 1.29 is 19.4 Å². The van der Waals surface area contributed by atoms with E-state index >= 15 is 0 Å². The molecule has 1 N–H and O–H groups in total. The molecule has 0 aliphatic carbocycles. The van der Waals surface area contributed by atoms with Crippen molar-refractivity contribution in [1.82, 2.24) is 0 Å². The molecule has 0 rings (SSSR count). The minimum absolute atomic E-state index is 0.0450. The van der Waals surface area contributed by atoms with Gasteiger partial charge in [0.2, 0.25) is 0 Å². The summed E-state index contributed by atoms with van der Waals surface area (Å²) in [5, 5.41) is 8.77. The smallest absolute Gasteiger partial charge is 0.308 e. The van der Waals surface area contributed by atoms with Crippen molar-refractivity contribution in [3.05, 3.63) is 0 Å². The van der Waals surface area contributed by atoms with E-state index in [2.05, 4.69) is 13.8 Å². The summed E-state index contributed by atoms with van der Waals surface area (Å²) in [6, 6.07) is 0. The lowest BCUT2D eigenvalue weighted by molar-refractivity contribution is -0.149. The SMILES string of the molecule is CCCCCCOC(=O)C(CCCCCC)CCC(=O)O. The third-order valence-electron chi connectivity index (χ3n) is 3.69. The molecule has 21 heavy (non-hydrogen) atoms. The predicted molar refractivity (Wildman–Crippen MR) is 84.2 cm³/mol. The lowest BCUT2D eigenvalue weighted by Crippen LogP contribution is -2.19. The van der Waals surface area contributed by atoms with Gasteiger partial charge in [0, 0.05) is 6.42 Å². The third kappa shape index (κ3) is 12.4. The summed E-state index contributed by atoms with van der Waals surface area (Å²) in [5.41, 5.74) is 0. The van der Waals surface area contributed by atoms with Gasteiger partial charge in [-0.1, -0.05) is 58.8 Å². The molecule has 0 saturated carbocycles. The van der Waals surface area contributed by atoms with Gasteiger partial charge >= 0.3 is 11.9 Å². The van der Waals surface area contributed by atoms with E-state index in [4.69, 9.17) is 9.84 Å². The molecule has 0 aromatic heterocycles. The van der Waals surface area contributed by atoms with Crippen LogP contribution in [0.3, 0.4) is 0 Å². The molecule has 4 heteroatoms. The molecular weight excluding hydrogens is 268 g/mol. The number of hydrogen-bond acceptors (Lipinski definition) is 3. The van der Waals surface area contributed by atoms with E-state index in [0.29, 0.717) is 13.0 Å². The van der Waals surface area contributed by atoms with Gasteiger partial charge in [-0.05, 0) is 19.3 Å². The summed E-state index contributed by atoms with van der Waals surface area (Å²) in [6.45, 7) is 4.76. The number of rotatable bonds is 14. The summed E-state index contributed by atoms with van der Waals surface area (Å²) >= 11 is 0. The van der Waals surface area contributed by atoms with Crippen LogP contribution < -0.4 is 0 Å². The first-order valence-corrected chi connectivity index (χ1v) is 8.50. The van der Waals surface area contributed by atoms with Crippen LogP contribution in [0, 0.1) is 5.92 Å². The van der Waals surface area contributed by atoms with Gasteiger partial charge in [0.15, 0.2) is 0 Å². The second-order valence-electron chi connectivity index (χ2n) is 5.71. The van der Waals surface area contributed by atoms with E-state index in [9.17, 15) is 9.59 Å². The zero-order valence-corrected chi connectivity index (χ0v) is 13.7. The zero-order valence-electron chi connectivity index (χ0n) is 13.7. The van der Waals surface area contributed by atoms with Crippen LogP contribution in [0.25, 0.3) is 0 Å². The van der Waals surface area contributed by atoms with E-state index in [0.717, 1.165) is 57.8 Å². The number of carboxylic acid groups (broad SMARTS) is 1. The molecular formula is C17H32O4. The highest BCUT2D eigenvalue weighted by molar-refractivity contribution is 5.74. The molecule has 1 atom stereocenters. The van der Waals surface area contributed by atoms with Crippen LogP contribution in [-0.4, -0.2) is 23.7 Å². The van der Waals surface area contributed by atoms with Crippen molar-refractivity contribution >= 4 is 11.9 Å². The van der Waals surface area contributed by atoms with E-state index in [1.807, 2.05) is 0 Å². The number of aliphatic carboxylic acids is 1. The highest BCUT2D eigenvalue weighted by Crippen LogP contribution is 2.18. The predicted octanol–water partition coefficient (Wildman–Crippen LogP) is 4.56. The summed E-state index contributed by atoms with van der Waals surface area (Å²) in [7, 11) is 0. The molecule has 0 bridgehead atoms. The molecule has 0 radical (unpaired) electrons. The Balaban J connectivity index is 4.02. The Morgan fingerprint density at radius 2 is 1.52 bits per heavy atom. The molecule has 0 aromatic rings. The zero-order chi connectivity index (χ0) is 15.9. The Kier molecular flexibility index (Phi) is 13.2. The standard InChI is InChI=1S/C17H32O4/c1-3-5-7-9-11-15(12-13-16(18)19)17(20)21-14-10-8-6-4-2/h15H,3-14H2,1-2H3,(H,18,19). The monoisotopic (exact) mass is 300 g/mol. The molecule has 0 heterocycles. The Bertz CT molecular complexity index is 276. The van der Waals surface area contributed by atoms with Gasteiger partial charge in [-0.25, -0.2) is 0 Å².